The summed E-state index contributed by atoms with van der Waals surface area (Å²) in [6.07, 6.45) is 5.56. The van der Waals surface area contributed by atoms with Crippen molar-refractivity contribution in [3.63, 3.8) is 0 Å². The highest BCUT2D eigenvalue weighted by Gasteiger charge is 2.28. The van der Waals surface area contributed by atoms with Gasteiger partial charge in [-0.15, -0.1) is 0 Å². The number of hydrogen-bond donors (Lipinski definition) is 1. The summed E-state index contributed by atoms with van der Waals surface area (Å²) in [5.41, 5.74) is 2.20. The van der Waals surface area contributed by atoms with Crippen molar-refractivity contribution in [1.29, 1.82) is 0 Å². The third kappa shape index (κ3) is 4.27. The van der Waals surface area contributed by atoms with E-state index in [-0.39, 0.29) is 24.4 Å². The molecule has 2 amide bonds. The number of carboxylic acids is 1. The minimum atomic E-state index is -1.03. The minimum Gasteiger partial charge on any atom is -0.480 e. The monoisotopic (exact) mass is 372 g/mol. The van der Waals surface area contributed by atoms with Crippen LogP contribution < -0.4 is 0 Å². The van der Waals surface area contributed by atoms with Crippen LogP contribution in [0.4, 0.5) is 0 Å². The first-order valence-electron chi connectivity index (χ1n) is 9.09. The van der Waals surface area contributed by atoms with Crippen LogP contribution in [0.25, 0.3) is 5.65 Å². The number of likely N-dealkylation sites (tertiary alicyclic amines) is 1. The maximum atomic E-state index is 12.9. The molecule has 1 saturated heterocycles. The van der Waals surface area contributed by atoms with Gasteiger partial charge in [-0.2, -0.15) is 0 Å². The van der Waals surface area contributed by atoms with Gasteiger partial charge in [0.25, 0.3) is 5.91 Å². The molecule has 0 bridgehead atoms. The van der Waals surface area contributed by atoms with Crippen LogP contribution in [-0.2, 0) is 9.59 Å². The van der Waals surface area contributed by atoms with E-state index < -0.39 is 5.97 Å². The molecule has 8 nitrogen and oxygen atoms in total. The minimum absolute atomic E-state index is 0.135. The first kappa shape index (κ1) is 18.9. The Kier molecular flexibility index (Phi) is 5.43. The van der Waals surface area contributed by atoms with Crippen LogP contribution in [0.3, 0.4) is 0 Å². The fourth-order valence-corrected chi connectivity index (χ4v) is 3.59. The van der Waals surface area contributed by atoms with Crippen LogP contribution in [-0.4, -0.2) is 67.8 Å². The highest BCUT2D eigenvalue weighted by atomic mass is 16.4. The number of pyridine rings is 1. The van der Waals surface area contributed by atoms with Gasteiger partial charge in [0.05, 0.1) is 0 Å². The number of imidazole rings is 1. The number of hydrogen-bond acceptors (Lipinski definition) is 4. The van der Waals surface area contributed by atoms with E-state index in [9.17, 15) is 14.4 Å². The SMILES string of the molecule is CC(=O)N(CC(=O)O)C1CCCN(C(=O)c2cn3ccc(C)cc3n2)CC1. The zero-order valence-corrected chi connectivity index (χ0v) is 15.6. The van der Waals surface area contributed by atoms with E-state index in [2.05, 4.69) is 4.98 Å². The summed E-state index contributed by atoms with van der Waals surface area (Å²) in [6, 6.07) is 3.71. The van der Waals surface area contributed by atoms with Crippen LogP contribution in [0.15, 0.2) is 24.5 Å². The zero-order valence-electron chi connectivity index (χ0n) is 15.6. The fraction of sp³-hybridized carbons (Fsp3) is 0.474. The Morgan fingerprint density at radius 3 is 2.78 bits per heavy atom. The van der Waals surface area contributed by atoms with Gasteiger partial charge in [-0.3, -0.25) is 14.4 Å². The zero-order chi connectivity index (χ0) is 19.6. The number of carbonyl (C=O) groups is 3. The van der Waals surface area contributed by atoms with Crippen molar-refractivity contribution in [2.75, 3.05) is 19.6 Å². The Hall–Kier alpha value is -2.90. The Balaban J connectivity index is 1.71. The third-order valence-corrected chi connectivity index (χ3v) is 4.97. The summed E-state index contributed by atoms with van der Waals surface area (Å²) >= 11 is 0. The standard InChI is InChI=1S/C19H24N4O4/c1-13-5-8-22-11-16(20-17(22)10-13)19(27)21-7-3-4-15(6-9-21)23(14(2)24)12-18(25)26/h5,8,10-11,15H,3-4,6-7,9,12H2,1-2H3,(H,25,26). The topological polar surface area (TPSA) is 95.2 Å². The van der Waals surface area contributed by atoms with Crippen LogP contribution in [0.5, 0.6) is 0 Å². The van der Waals surface area contributed by atoms with Crippen molar-refractivity contribution >= 4 is 23.4 Å². The average molecular weight is 372 g/mol. The van der Waals surface area contributed by atoms with Gasteiger partial charge in [-0.1, -0.05) is 0 Å². The molecule has 3 heterocycles. The van der Waals surface area contributed by atoms with Crippen molar-refractivity contribution in [3.8, 4) is 0 Å². The molecular weight excluding hydrogens is 348 g/mol. The first-order chi connectivity index (χ1) is 12.8. The van der Waals surface area contributed by atoms with Gasteiger partial charge < -0.3 is 19.3 Å². The molecule has 1 fully saturated rings. The number of carbonyl (C=O) groups excluding carboxylic acids is 2. The number of aliphatic carboxylic acids is 1. The highest BCUT2D eigenvalue weighted by molar-refractivity contribution is 5.93. The number of aromatic nitrogens is 2. The predicted molar refractivity (Wildman–Crippen MR) is 98.5 cm³/mol. The molecule has 0 spiro atoms. The van der Waals surface area contributed by atoms with Gasteiger partial charge in [-0.05, 0) is 43.9 Å². The van der Waals surface area contributed by atoms with Crippen molar-refractivity contribution < 1.29 is 19.5 Å². The van der Waals surface area contributed by atoms with Crippen LogP contribution >= 0.6 is 0 Å². The van der Waals surface area contributed by atoms with Crippen LogP contribution in [0, 0.1) is 6.92 Å². The quantitative estimate of drug-likeness (QED) is 0.879. The molecule has 144 valence electrons. The van der Waals surface area contributed by atoms with E-state index in [1.807, 2.05) is 29.7 Å². The van der Waals surface area contributed by atoms with Gasteiger partial charge in [0.1, 0.15) is 17.9 Å². The van der Waals surface area contributed by atoms with Crippen molar-refractivity contribution in [3.05, 3.63) is 35.8 Å². The fourth-order valence-electron chi connectivity index (χ4n) is 3.59. The molecule has 2 aromatic heterocycles. The molecule has 0 radical (unpaired) electrons. The van der Waals surface area contributed by atoms with Crippen molar-refractivity contribution in [2.24, 2.45) is 0 Å². The number of fused-ring (bicyclic) bond motifs is 1. The lowest BCUT2D eigenvalue weighted by molar-refractivity contribution is -0.145. The first-order valence-corrected chi connectivity index (χ1v) is 9.09. The van der Waals surface area contributed by atoms with Gasteiger partial charge >= 0.3 is 5.97 Å². The maximum Gasteiger partial charge on any atom is 0.323 e. The Labute approximate surface area is 157 Å². The number of carboxylic acid groups (broad SMARTS) is 1. The van der Waals surface area contributed by atoms with Gasteiger partial charge in [-0.25, -0.2) is 4.98 Å². The highest BCUT2D eigenvalue weighted by Crippen LogP contribution is 2.19. The second kappa shape index (κ2) is 7.77. The molecule has 1 atom stereocenters. The predicted octanol–water partition coefficient (Wildman–Crippen LogP) is 1.57. The molecule has 8 heteroatoms. The molecule has 0 aromatic carbocycles. The van der Waals surface area contributed by atoms with Crippen molar-refractivity contribution in [1.82, 2.24) is 19.2 Å². The summed E-state index contributed by atoms with van der Waals surface area (Å²) in [6.45, 7) is 4.10. The summed E-state index contributed by atoms with van der Waals surface area (Å²) in [5.74, 6) is -1.41. The van der Waals surface area contributed by atoms with Gasteiger partial charge in [0, 0.05) is 38.4 Å². The second-order valence-corrected chi connectivity index (χ2v) is 7.01. The Bertz CT molecular complexity index is 876. The van der Waals surface area contributed by atoms with Crippen LogP contribution in [0.2, 0.25) is 0 Å². The molecule has 1 aliphatic rings. The second-order valence-electron chi connectivity index (χ2n) is 7.01. The summed E-state index contributed by atoms with van der Waals surface area (Å²) < 4.78 is 1.82. The Morgan fingerprint density at radius 1 is 1.30 bits per heavy atom. The van der Waals surface area contributed by atoms with E-state index in [1.54, 1.807) is 11.1 Å². The van der Waals surface area contributed by atoms with E-state index in [0.29, 0.717) is 38.0 Å². The molecule has 1 aliphatic heterocycles. The summed E-state index contributed by atoms with van der Waals surface area (Å²) in [5, 5.41) is 9.04. The normalized spacial score (nSPS) is 17.6. The lowest BCUT2D eigenvalue weighted by Gasteiger charge is -2.28. The Morgan fingerprint density at radius 2 is 2.07 bits per heavy atom. The lowest BCUT2D eigenvalue weighted by Crippen LogP contribution is -2.43. The molecule has 27 heavy (non-hydrogen) atoms. The molecule has 0 saturated carbocycles. The number of aryl methyl sites for hydroxylation is 1. The van der Waals surface area contributed by atoms with Gasteiger partial charge in [0.2, 0.25) is 5.91 Å². The average Bonchev–Trinajstić information content (AvgIpc) is 2.87. The summed E-state index contributed by atoms with van der Waals surface area (Å²) in [4.78, 5) is 43.3. The molecule has 3 rings (SSSR count). The molecular formula is C19H24N4O4. The van der Waals surface area contributed by atoms with Crippen molar-refractivity contribution in [2.45, 2.75) is 39.2 Å². The van der Waals surface area contributed by atoms with Crippen LogP contribution in [0.1, 0.15) is 42.2 Å². The van der Waals surface area contributed by atoms with Gasteiger partial charge in [0.15, 0.2) is 0 Å². The lowest BCUT2D eigenvalue weighted by atomic mass is 10.1. The number of rotatable bonds is 4. The largest absolute Gasteiger partial charge is 0.480 e. The maximum absolute atomic E-state index is 12.9. The van der Waals surface area contributed by atoms with E-state index >= 15 is 0 Å². The number of amides is 2. The molecule has 1 unspecified atom stereocenters. The van der Waals surface area contributed by atoms with E-state index in [1.165, 1.54) is 11.8 Å². The van der Waals surface area contributed by atoms with E-state index in [4.69, 9.17) is 5.11 Å². The molecule has 2 aromatic rings. The number of nitrogens with zero attached hydrogens (tertiary/aromatic N) is 4. The summed E-state index contributed by atoms with van der Waals surface area (Å²) in [7, 11) is 0. The molecule has 0 aliphatic carbocycles. The van der Waals surface area contributed by atoms with E-state index in [0.717, 1.165) is 11.2 Å². The smallest absolute Gasteiger partial charge is 0.323 e. The molecule has 1 N–H and O–H groups in total. The third-order valence-electron chi connectivity index (χ3n) is 4.97.